The maximum absolute atomic E-state index is 12.1. The van der Waals surface area contributed by atoms with E-state index in [9.17, 15) is 9.59 Å². The van der Waals surface area contributed by atoms with Gasteiger partial charge in [-0.05, 0) is 26.0 Å². The van der Waals surface area contributed by atoms with Crippen molar-refractivity contribution in [2.75, 3.05) is 18.4 Å². The Balaban J connectivity index is 1.97. The molecule has 0 aliphatic carbocycles. The molecular weight excluding hydrogens is 244 g/mol. The number of benzene rings is 1. The molecule has 2 atom stereocenters. The van der Waals surface area contributed by atoms with E-state index in [1.165, 1.54) is 4.90 Å². The van der Waals surface area contributed by atoms with Crippen LogP contribution in [0.25, 0.3) is 0 Å². The third-order valence-electron chi connectivity index (χ3n) is 2.93. The maximum Gasteiger partial charge on any atom is 0.313 e. The molecule has 1 aliphatic rings. The number of amides is 2. The number of para-hydroxylation sites is 1. The highest BCUT2D eigenvalue weighted by atomic mass is 16.5. The van der Waals surface area contributed by atoms with Gasteiger partial charge in [-0.15, -0.1) is 0 Å². The Morgan fingerprint density at radius 1 is 1.16 bits per heavy atom. The summed E-state index contributed by atoms with van der Waals surface area (Å²) in [7, 11) is 0. The minimum Gasteiger partial charge on any atom is -0.372 e. The van der Waals surface area contributed by atoms with Crippen LogP contribution in [0.4, 0.5) is 5.69 Å². The van der Waals surface area contributed by atoms with Crippen LogP contribution in [0.1, 0.15) is 13.8 Å². The van der Waals surface area contributed by atoms with Crippen LogP contribution in [-0.2, 0) is 14.3 Å². The van der Waals surface area contributed by atoms with Crippen molar-refractivity contribution in [1.29, 1.82) is 0 Å². The molecule has 1 aliphatic heterocycles. The molecule has 2 amide bonds. The van der Waals surface area contributed by atoms with Gasteiger partial charge in [0.25, 0.3) is 0 Å². The number of hydrogen-bond donors (Lipinski definition) is 1. The van der Waals surface area contributed by atoms with Crippen LogP contribution in [0.15, 0.2) is 30.3 Å². The molecule has 1 saturated heterocycles. The fourth-order valence-electron chi connectivity index (χ4n) is 2.19. The summed E-state index contributed by atoms with van der Waals surface area (Å²) >= 11 is 0. The number of anilines is 1. The molecule has 2 rings (SSSR count). The van der Waals surface area contributed by atoms with Crippen LogP contribution in [-0.4, -0.2) is 42.0 Å². The van der Waals surface area contributed by atoms with Crippen molar-refractivity contribution < 1.29 is 14.3 Å². The van der Waals surface area contributed by atoms with E-state index in [4.69, 9.17) is 4.74 Å². The molecule has 0 spiro atoms. The van der Waals surface area contributed by atoms with Crippen molar-refractivity contribution in [2.24, 2.45) is 0 Å². The van der Waals surface area contributed by atoms with Crippen LogP contribution in [0.2, 0.25) is 0 Å². The molecule has 102 valence electrons. The molecule has 0 bridgehead atoms. The van der Waals surface area contributed by atoms with E-state index in [2.05, 4.69) is 5.32 Å². The van der Waals surface area contributed by atoms with Gasteiger partial charge in [0.05, 0.1) is 12.2 Å². The highest BCUT2D eigenvalue weighted by Crippen LogP contribution is 2.12. The SMILES string of the molecule is CC1CN(C(=O)C(=O)Nc2ccccc2)CC(C)O1. The van der Waals surface area contributed by atoms with Gasteiger partial charge in [0.1, 0.15) is 0 Å². The third-order valence-corrected chi connectivity index (χ3v) is 2.93. The second-order valence-corrected chi connectivity index (χ2v) is 4.79. The molecule has 1 fully saturated rings. The summed E-state index contributed by atoms with van der Waals surface area (Å²) < 4.78 is 5.54. The first kappa shape index (κ1) is 13.5. The number of carbonyl (C=O) groups excluding carboxylic acids is 2. The normalized spacial score (nSPS) is 22.9. The number of hydrogen-bond acceptors (Lipinski definition) is 3. The smallest absolute Gasteiger partial charge is 0.313 e. The van der Waals surface area contributed by atoms with E-state index < -0.39 is 11.8 Å². The second-order valence-electron chi connectivity index (χ2n) is 4.79. The molecule has 0 radical (unpaired) electrons. The first-order valence-corrected chi connectivity index (χ1v) is 6.37. The van der Waals surface area contributed by atoms with Crippen molar-refractivity contribution >= 4 is 17.5 Å². The molecule has 1 N–H and O–H groups in total. The molecular formula is C14H18N2O3. The summed E-state index contributed by atoms with van der Waals surface area (Å²) in [6, 6.07) is 8.95. The Bertz CT molecular complexity index is 451. The van der Waals surface area contributed by atoms with E-state index in [1.54, 1.807) is 24.3 Å². The highest BCUT2D eigenvalue weighted by Gasteiger charge is 2.29. The molecule has 0 saturated carbocycles. The predicted molar refractivity (Wildman–Crippen MR) is 71.7 cm³/mol. The molecule has 1 aromatic rings. The summed E-state index contributed by atoms with van der Waals surface area (Å²) in [6.07, 6.45) is -0.0885. The van der Waals surface area contributed by atoms with Crippen LogP contribution >= 0.6 is 0 Å². The van der Waals surface area contributed by atoms with Crippen LogP contribution in [0.5, 0.6) is 0 Å². The minimum absolute atomic E-state index is 0.0442. The summed E-state index contributed by atoms with van der Waals surface area (Å²) in [5.74, 6) is -1.11. The van der Waals surface area contributed by atoms with Crippen molar-refractivity contribution in [1.82, 2.24) is 4.90 Å². The van der Waals surface area contributed by atoms with Gasteiger partial charge in [0.15, 0.2) is 0 Å². The molecule has 19 heavy (non-hydrogen) atoms. The number of nitrogens with zero attached hydrogens (tertiary/aromatic N) is 1. The van der Waals surface area contributed by atoms with Gasteiger partial charge in [0.2, 0.25) is 0 Å². The first-order chi connectivity index (χ1) is 9.06. The zero-order valence-electron chi connectivity index (χ0n) is 11.1. The lowest BCUT2D eigenvalue weighted by molar-refractivity contribution is -0.151. The molecule has 2 unspecified atom stereocenters. The fraction of sp³-hybridized carbons (Fsp3) is 0.429. The lowest BCUT2D eigenvalue weighted by Gasteiger charge is -2.34. The zero-order chi connectivity index (χ0) is 13.8. The first-order valence-electron chi connectivity index (χ1n) is 6.37. The van der Waals surface area contributed by atoms with Gasteiger partial charge in [-0.25, -0.2) is 0 Å². The molecule has 0 aromatic heterocycles. The number of ether oxygens (including phenoxy) is 1. The van der Waals surface area contributed by atoms with Gasteiger partial charge < -0.3 is 15.0 Å². The van der Waals surface area contributed by atoms with Gasteiger partial charge in [0, 0.05) is 18.8 Å². The third kappa shape index (κ3) is 3.54. The predicted octanol–water partition coefficient (Wildman–Crippen LogP) is 1.26. The minimum atomic E-state index is -0.604. The second kappa shape index (κ2) is 5.84. The number of rotatable bonds is 1. The summed E-state index contributed by atoms with van der Waals surface area (Å²) in [5.41, 5.74) is 0.621. The van der Waals surface area contributed by atoms with Crippen LogP contribution in [0, 0.1) is 0 Å². The maximum atomic E-state index is 12.1. The zero-order valence-corrected chi connectivity index (χ0v) is 11.1. The Morgan fingerprint density at radius 2 is 1.74 bits per heavy atom. The molecule has 1 aromatic carbocycles. The van der Waals surface area contributed by atoms with E-state index in [1.807, 2.05) is 19.9 Å². The summed E-state index contributed by atoms with van der Waals surface area (Å²) in [5, 5.41) is 2.60. The van der Waals surface area contributed by atoms with Crippen LogP contribution < -0.4 is 5.32 Å². The number of nitrogens with one attached hydrogen (secondary N) is 1. The van der Waals surface area contributed by atoms with Gasteiger partial charge in [-0.1, -0.05) is 18.2 Å². The molecule has 5 heteroatoms. The Labute approximate surface area is 112 Å². The van der Waals surface area contributed by atoms with Gasteiger partial charge in [-0.3, -0.25) is 9.59 Å². The number of carbonyl (C=O) groups is 2. The molecule has 1 heterocycles. The lowest BCUT2D eigenvalue weighted by Crippen LogP contribution is -2.51. The largest absolute Gasteiger partial charge is 0.372 e. The van der Waals surface area contributed by atoms with Crippen molar-refractivity contribution in [3.05, 3.63) is 30.3 Å². The summed E-state index contributed by atoms with van der Waals surface area (Å²) in [4.78, 5) is 25.5. The Hall–Kier alpha value is -1.88. The summed E-state index contributed by atoms with van der Waals surface area (Å²) in [6.45, 7) is 4.69. The molecule has 5 nitrogen and oxygen atoms in total. The average molecular weight is 262 g/mol. The van der Waals surface area contributed by atoms with E-state index in [0.717, 1.165) is 0 Å². The van der Waals surface area contributed by atoms with E-state index >= 15 is 0 Å². The van der Waals surface area contributed by atoms with Crippen molar-refractivity contribution in [2.45, 2.75) is 26.1 Å². The lowest BCUT2D eigenvalue weighted by atomic mass is 10.2. The average Bonchev–Trinajstić information content (AvgIpc) is 2.37. The monoisotopic (exact) mass is 262 g/mol. The topological polar surface area (TPSA) is 58.6 Å². The quantitative estimate of drug-likeness (QED) is 0.775. The van der Waals surface area contributed by atoms with E-state index in [-0.39, 0.29) is 12.2 Å². The van der Waals surface area contributed by atoms with Crippen molar-refractivity contribution in [3.8, 4) is 0 Å². The number of morpholine rings is 1. The Morgan fingerprint density at radius 3 is 2.32 bits per heavy atom. The Kier molecular flexibility index (Phi) is 4.16. The van der Waals surface area contributed by atoms with Crippen molar-refractivity contribution in [3.63, 3.8) is 0 Å². The van der Waals surface area contributed by atoms with E-state index in [0.29, 0.717) is 18.8 Å². The standard InChI is InChI=1S/C14H18N2O3/c1-10-8-16(9-11(2)19-10)14(18)13(17)15-12-6-4-3-5-7-12/h3-7,10-11H,8-9H2,1-2H3,(H,15,17). The highest BCUT2D eigenvalue weighted by molar-refractivity contribution is 6.39. The van der Waals surface area contributed by atoms with Crippen LogP contribution in [0.3, 0.4) is 0 Å². The van der Waals surface area contributed by atoms with Gasteiger partial charge in [-0.2, -0.15) is 0 Å². The van der Waals surface area contributed by atoms with Gasteiger partial charge >= 0.3 is 11.8 Å². The fourth-order valence-corrected chi connectivity index (χ4v) is 2.19.